The zero-order valence-corrected chi connectivity index (χ0v) is 20.1. The maximum absolute atomic E-state index is 13.3. The molecule has 0 aliphatic heterocycles. The summed E-state index contributed by atoms with van der Waals surface area (Å²) in [4.78, 5) is 14.9. The average molecular weight is 476 g/mol. The number of aromatic nitrogens is 3. The summed E-state index contributed by atoms with van der Waals surface area (Å²) >= 11 is 7.37. The van der Waals surface area contributed by atoms with Crippen molar-refractivity contribution in [3.05, 3.63) is 70.8 Å². The molecule has 1 amide bonds. The van der Waals surface area contributed by atoms with Gasteiger partial charge >= 0.3 is 0 Å². The van der Waals surface area contributed by atoms with Crippen LogP contribution in [0.5, 0.6) is 0 Å². The second-order valence-electron chi connectivity index (χ2n) is 7.67. The highest BCUT2D eigenvalue weighted by molar-refractivity contribution is 8.00. The van der Waals surface area contributed by atoms with Gasteiger partial charge in [-0.05, 0) is 51.2 Å². The van der Waals surface area contributed by atoms with Crippen molar-refractivity contribution in [3.63, 3.8) is 0 Å². The largest absolute Gasteiger partial charge is 0.324 e. The molecule has 0 bridgehead atoms. The fraction of sp³-hybridized carbons (Fsp3) is 0.348. The minimum atomic E-state index is -0.470. The number of halogens is 2. The van der Waals surface area contributed by atoms with Crippen LogP contribution in [0.3, 0.4) is 0 Å². The van der Waals surface area contributed by atoms with E-state index in [1.807, 2.05) is 32.3 Å². The van der Waals surface area contributed by atoms with Gasteiger partial charge in [0.25, 0.3) is 0 Å². The lowest BCUT2D eigenvalue weighted by molar-refractivity contribution is -0.115. The van der Waals surface area contributed by atoms with Crippen molar-refractivity contribution in [1.29, 1.82) is 0 Å². The number of hydrogen-bond acceptors (Lipinski definition) is 5. The quantitative estimate of drug-likeness (QED) is 0.428. The predicted molar refractivity (Wildman–Crippen MR) is 128 cm³/mol. The number of benzene rings is 2. The van der Waals surface area contributed by atoms with Crippen LogP contribution in [0.25, 0.3) is 0 Å². The third-order valence-corrected chi connectivity index (χ3v) is 6.47. The molecule has 0 spiro atoms. The highest BCUT2D eigenvalue weighted by Crippen LogP contribution is 2.30. The molecular weight excluding hydrogens is 449 g/mol. The maximum atomic E-state index is 13.3. The van der Waals surface area contributed by atoms with Crippen LogP contribution in [0.15, 0.2) is 53.7 Å². The van der Waals surface area contributed by atoms with Gasteiger partial charge in [0.05, 0.1) is 28.5 Å². The van der Waals surface area contributed by atoms with Gasteiger partial charge in [0.1, 0.15) is 5.82 Å². The molecule has 0 saturated carbocycles. The van der Waals surface area contributed by atoms with Gasteiger partial charge in [-0.2, -0.15) is 0 Å². The third kappa shape index (κ3) is 5.88. The van der Waals surface area contributed by atoms with Crippen LogP contribution < -0.4 is 5.32 Å². The van der Waals surface area contributed by atoms with Crippen molar-refractivity contribution in [2.45, 2.75) is 43.3 Å². The van der Waals surface area contributed by atoms with E-state index >= 15 is 0 Å². The first-order chi connectivity index (χ1) is 15.3. The normalized spacial score (nSPS) is 13.2. The van der Waals surface area contributed by atoms with Crippen LogP contribution in [0.4, 0.5) is 10.1 Å². The highest BCUT2D eigenvalue weighted by Gasteiger charge is 2.25. The van der Waals surface area contributed by atoms with Gasteiger partial charge in [-0.15, -0.1) is 10.2 Å². The van der Waals surface area contributed by atoms with E-state index in [1.54, 1.807) is 6.92 Å². The first-order valence-corrected chi connectivity index (χ1v) is 11.6. The number of nitrogens with one attached hydrogen (secondary N) is 1. The second kappa shape index (κ2) is 10.9. The topological polar surface area (TPSA) is 63.1 Å². The van der Waals surface area contributed by atoms with Crippen LogP contribution in [-0.4, -0.2) is 44.9 Å². The summed E-state index contributed by atoms with van der Waals surface area (Å²) in [5.74, 6) is 0.153. The van der Waals surface area contributed by atoms with E-state index in [2.05, 4.69) is 44.0 Å². The Labute approximate surface area is 197 Å². The molecule has 3 rings (SSSR count). The van der Waals surface area contributed by atoms with Crippen molar-refractivity contribution in [2.24, 2.45) is 0 Å². The van der Waals surface area contributed by atoms with E-state index in [4.69, 9.17) is 11.6 Å². The molecule has 0 saturated heterocycles. The summed E-state index contributed by atoms with van der Waals surface area (Å²) in [5, 5.41) is 12.0. The van der Waals surface area contributed by atoms with Crippen molar-refractivity contribution < 1.29 is 9.18 Å². The minimum Gasteiger partial charge on any atom is -0.324 e. The summed E-state index contributed by atoms with van der Waals surface area (Å²) in [6, 6.07) is 14.1. The highest BCUT2D eigenvalue weighted by atomic mass is 35.5. The number of rotatable bonds is 9. The standard InChI is InChI=1S/C23H27ClFN5OS/c1-5-20(29(3)4)21-27-28-23(30(21)14-16-9-7-6-8-10-16)32-15(2)22(31)26-19-12-11-17(25)13-18(19)24/h6-13,15,20H,5,14H2,1-4H3,(H,26,31). The Bertz CT molecular complexity index is 1060. The first kappa shape index (κ1) is 24.2. The first-order valence-electron chi connectivity index (χ1n) is 10.4. The second-order valence-corrected chi connectivity index (χ2v) is 9.39. The molecule has 0 radical (unpaired) electrons. The molecule has 170 valence electrons. The molecule has 2 atom stereocenters. The Morgan fingerprint density at radius 3 is 2.56 bits per heavy atom. The Morgan fingerprint density at radius 2 is 1.94 bits per heavy atom. The molecular formula is C23H27ClFN5OS. The van der Waals surface area contributed by atoms with Crippen LogP contribution in [-0.2, 0) is 11.3 Å². The van der Waals surface area contributed by atoms with Gasteiger partial charge in [0.2, 0.25) is 5.91 Å². The van der Waals surface area contributed by atoms with E-state index in [-0.39, 0.29) is 17.0 Å². The van der Waals surface area contributed by atoms with Crippen molar-refractivity contribution >= 4 is 35.0 Å². The molecule has 3 aromatic rings. The third-order valence-electron chi connectivity index (χ3n) is 5.08. The van der Waals surface area contributed by atoms with E-state index in [9.17, 15) is 9.18 Å². The summed E-state index contributed by atoms with van der Waals surface area (Å²) < 4.78 is 15.4. The van der Waals surface area contributed by atoms with Gasteiger partial charge in [-0.3, -0.25) is 9.69 Å². The number of thioether (sulfide) groups is 1. The molecule has 0 fully saturated rings. The van der Waals surface area contributed by atoms with Crippen molar-refractivity contribution in [3.8, 4) is 0 Å². The van der Waals surface area contributed by atoms with Crippen LogP contribution in [0.2, 0.25) is 5.02 Å². The van der Waals surface area contributed by atoms with Crippen LogP contribution in [0.1, 0.15) is 37.7 Å². The fourth-order valence-corrected chi connectivity index (χ4v) is 4.43. The van der Waals surface area contributed by atoms with Gasteiger partial charge in [0, 0.05) is 0 Å². The average Bonchev–Trinajstić information content (AvgIpc) is 3.13. The van der Waals surface area contributed by atoms with E-state index in [1.165, 1.54) is 30.0 Å². The number of amides is 1. The van der Waals surface area contributed by atoms with Gasteiger partial charge in [0.15, 0.2) is 11.0 Å². The Kier molecular flexibility index (Phi) is 8.28. The zero-order chi connectivity index (χ0) is 23.3. The fourth-order valence-electron chi connectivity index (χ4n) is 3.36. The minimum absolute atomic E-state index is 0.0997. The smallest absolute Gasteiger partial charge is 0.237 e. The van der Waals surface area contributed by atoms with E-state index in [0.717, 1.165) is 17.8 Å². The lowest BCUT2D eigenvalue weighted by atomic mass is 10.2. The SMILES string of the molecule is CCC(c1nnc(SC(C)C(=O)Nc2ccc(F)cc2Cl)n1Cc1ccccc1)N(C)C. The van der Waals surface area contributed by atoms with Gasteiger partial charge in [-0.1, -0.05) is 60.6 Å². The summed E-state index contributed by atoms with van der Waals surface area (Å²) in [7, 11) is 4.04. The molecule has 0 aliphatic rings. The summed E-state index contributed by atoms with van der Waals surface area (Å²) in [6.07, 6.45) is 0.879. The lowest BCUT2D eigenvalue weighted by Gasteiger charge is -2.23. The Morgan fingerprint density at radius 1 is 1.22 bits per heavy atom. The number of anilines is 1. The number of nitrogens with zero attached hydrogens (tertiary/aromatic N) is 4. The number of carbonyl (C=O) groups excluding carboxylic acids is 1. The van der Waals surface area contributed by atoms with Gasteiger partial charge in [-0.25, -0.2) is 4.39 Å². The van der Waals surface area contributed by atoms with E-state index < -0.39 is 11.1 Å². The summed E-state index contributed by atoms with van der Waals surface area (Å²) in [5.41, 5.74) is 1.50. The maximum Gasteiger partial charge on any atom is 0.237 e. The van der Waals surface area contributed by atoms with Crippen molar-refractivity contribution in [2.75, 3.05) is 19.4 Å². The Hall–Kier alpha value is -2.42. The van der Waals surface area contributed by atoms with E-state index in [0.29, 0.717) is 17.4 Å². The molecule has 9 heteroatoms. The molecule has 1 N–H and O–H groups in total. The Balaban J connectivity index is 1.84. The molecule has 2 unspecified atom stereocenters. The molecule has 2 aromatic carbocycles. The predicted octanol–water partition coefficient (Wildman–Crippen LogP) is 5.25. The molecule has 1 aromatic heterocycles. The molecule has 6 nitrogen and oxygen atoms in total. The molecule has 0 aliphatic carbocycles. The zero-order valence-electron chi connectivity index (χ0n) is 18.5. The number of hydrogen-bond donors (Lipinski definition) is 1. The van der Waals surface area contributed by atoms with Crippen molar-refractivity contribution in [1.82, 2.24) is 19.7 Å². The summed E-state index contributed by atoms with van der Waals surface area (Å²) in [6.45, 7) is 4.51. The monoisotopic (exact) mass is 475 g/mol. The van der Waals surface area contributed by atoms with Gasteiger partial charge < -0.3 is 9.88 Å². The lowest BCUT2D eigenvalue weighted by Crippen LogP contribution is -2.25. The van der Waals surface area contributed by atoms with Crippen LogP contribution >= 0.6 is 23.4 Å². The molecule has 1 heterocycles. The number of carbonyl (C=O) groups is 1. The van der Waals surface area contributed by atoms with Crippen LogP contribution in [0, 0.1) is 5.82 Å². The molecule has 32 heavy (non-hydrogen) atoms.